The molecule has 2 aliphatic rings. The first-order valence-electron chi connectivity index (χ1n) is 10.9. The van der Waals surface area contributed by atoms with E-state index >= 15 is 0 Å². The summed E-state index contributed by atoms with van der Waals surface area (Å²) in [4.78, 5) is 0. The van der Waals surface area contributed by atoms with Crippen molar-refractivity contribution in [3.8, 4) is 11.5 Å². The van der Waals surface area contributed by atoms with Crippen LogP contribution in [0.25, 0.3) is 0 Å². The number of rotatable bonds is 8. The Hall–Kier alpha value is -2.04. The molecule has 0 radical (unpaired) electrons. The molecular weight excluding hydrogens is 362 g/mol. The molecule has 1 fully saturated rings. The van der Waals surface area contributed by atoms with Crippen molar-refractivity contribution in [2.24, 2.45) is 11.3 Å². The predicted molar refractivity (Wildman–Crippen MR) is 115 cm³/mol. The lowest BCUT2D eigenvalue weighted by atomic mass is 9.69. The Morgan fingerprint density at radius 1 is 1.03 bits per heavy atom. The predicted octanol–water partition coefficient (Wildman–Crippen LogP) is 4.96. The molecule has 0 aliphatic carbocycles. The van der Waals surface area contributed by atoms with Crippen molar-refractivity contribution in [2.45, 2.75) is 52.2 Å². The smallest absolute Gasteiger partial charge is 0.231 e. The van der Waals surface area contributed by atoms with E-state index in [0.29, 0.717) is 24.2 Å². The summed E-state index contributed by atoms with van der Waals surface area (Å²) in [6.07, 6.45) is 4.94. The maximum absolute atomic E-state index is 6.10. The van der Waals surface area contributed by atoms with Gasteiger partial charge in [0.25, 0.3) is 0 Å². The van der Waals surface area contributed by atoms with Crippen molar-refractivity contribution in [1.29, 1.82) is 0 Å². The SMILES string of the molecule is CC(C)[C@@H]1C[C@@](CCNCc2ccc3c(c2)OCO3)(Cc2ccccc2)CCO1. The first-order valence-corrected chi connectivity index (χ1v) is 10.9. The Kier molecular flexibility index (Phi) is 6.41. The van der Waals surface area contributed by atoms with Crippen LogP contribution in [0.2, 0.25) is 0 Å². The van der Waals surface area contributed by atoms with E-state index < -0.39 is 0 Å². The van der Waals surface area contributed by atoms with Crippen molar-refractivity contribution in [2.75, 3.05) is 19.9 Å². The molecule has 29 heavy (non-hydrogen) atoms. The number of fused-ring (bicyclic) bond motifs is 1. The average molecular weight is 396 g/mol. The highest BCUT2D eigenvalue weighted by Gasteiger charge is 2.37. The third-order valence-corrected chi connectivity index (χ3v) is 6.36. The van der Waals surface area contributed by atoms with Crippen LogP contribution in [0.15, 0.2) is 48.5 Å². The molecule has 0 aromatic heterocycles. The van der Waals surface area contributed by atoms with Crippen LogP contribution in [-0.2, 0) is 17.7 Å². The van der Waals surface area contributed by atoms with Crippen LogP contribution < -0.4 is 14.8 Å². The quantitative estimate of drug-likeness (QED) is 0.642. The van der Waals surface area contributed by atoms with Crippen molar-refractivity contribution < 1.29 is 14.2 Å². The van der Waals surface area contributed by atoms with Gasteiger partial charge in [0, 0.05) is 13.2 Å². The van der Waals surface area contributed by atoms with Crippen LogP contribution in [0.3, 0.4) is 0 Å². The number of hydrogen-bond acceptors (Lipinski definition) is 4. The molecule has 2 atom stereocenters. The van der Waals surface area contributed by atoms with E-state index in [1.54, 1.807) is 0 Å². The summed E-state index contributed by atoms with van der Waals surface area (Å²) in [6.45, 7) is 7.61. The van der Waals surface area contributed by atoms with Crippen molar-refractivity contribution in [3.63, 3.8) is 0 Å². The molecule has 2 aromatic rings. The van der Waals surface area contributed by atoms with E-state index in [1.807, 2.05) is 6.07 Å². The highest BCUT2D eigenvalue weighted by Crippen LogP contribution is 2.41. The Bertz CT molecular complexity index is 792. The molecule has 0 bridgehead atoms. The Morgan fingerprint density at radius 2 is 1.86 bits per heavy atom. The zero-order chi connectivity index (χ0) is 20.1. The molecule has 0 saturated carbocycles. The molecule has 156 valence electrons. The maximum atomic E-state index is 6.10. The Balaban J connectivity index is 1.37. The molecule has 2 aliphatic heterocycles. The van der Waals surface area contributed by atoms with Gasteiger partial charge in [-0.15, -0.1) is 0 Å². The van der Waals surface area contributed by atoms with Gasteiger partial charge in [0.1, 0.15) is 0 Å². The summed E-state index contributed by atoms with van der Waals surface area (Å²) in [7, 11) is 0. The maximum Gasteiger partial charge on any atom is 0.231 e. The third kappa shape index (κ3) is 5.12. The molecule has 2 heterocycles. The van der Waals surface area contributed by atoms with Crippen molar-refractivity contribution in [3.05, 3.63) is 59.7 Å². The Labute approximate surface area is 174 Å². The second-order valence-corrected chi connectivity index (χ2v) is 8.88. The zero-order valence-corrected chi connectivity index (χ0v) is 17.7. The fourth-order valence-corrected chi connectivity index (χ4v) is 4.58. The second kappa shape index (κ2) is 9.19. The van der Waals surface area contributed by atoms with E-state index in [9.17, 15) is 0 Å². The van der Waals surface area contributed by atoms with Crippen molar-refractivity contribution >= 4 is 0 Å². The number of benzene rings is 2. The minimum absolute atomic E-state index is 0.302. The van der Waals surface area contributed by atoms with Gasteiger partial charge in [0.2, 0.25) is 6.79 Å². The average Bonchev–Trinajstić information content (AvgIpc) is 3.20. The molecule has 0 unspecified atom stereocenters. The van der Waals surface area contributed by atoms with Gasteiger partial charge in [0.15, 0.2) is 11.5 Å². The lowest BCUT2D eigenvalue weighted by Crippen LogP contribution is -2.41. The van der Waals surface area contributed by atoms with Gasteiger partial charge in [-0.05, 0) is 66.8 Å². The van der Waals surface area contributed by atoms with Crippen LogP contribution in [-0.4, -0.2) is 26.0 Å². The van der Waals surface area contributed by atoms with Gasteiger partial charge in [-0.25, -0.2) is 0 Å². The topological polar surface area (TPSA) is 39.7 Å². The van der Waals surface area contributed by atoms with E-state index in [-0.39, 0.29) is 0 Å². The van der Waals surface area contributed by atoms with Gasteiger partial charge in [0.05, 0.1) is 6.10 Å². The van der Waals surface area contributed by atoms with Crippen LogP contribution in [0, 0.1) is 11.3 Å². The third-order valence-electron chi connectivity index (χ3n) is 6.36. The largest absolute Gasteiger partial charge is 0.454 e. The van der Waals surface area contributed by atoms with Gasteiger partial charge in [-0.2, -0.15) is 0 Å². The molecule has 2 aromatic carbocycles. The number of ether oxygens (including phenoxy) is 3. The Morgan fingerprint density at radius 3 is 2.69 bits per heavy atom. The molecule has 1 N–H and O–H groups in total. The lowest BCUT2D eigenvalue weighted by molar-refractivity contribution is -0.0720. The highest BCUT2D eigenvalue weighted by molar-refractivity contribution is 5.44. The molecule has 1 saturated heterocycles. The number of hydrogen-bond donors (Lipinski definition) is 1. The molecule has 4 rings (SSSR count). The monoisotopic (exact) mass is 395 g/mol. The van der Waals surface area contributed by atoms with E-state index in [2.05, 4.69) is 61.6 Å². The second-order valence-electron chi connectivity index (χ2n) is 8.88. The van der Waals surface area contributed by atoms with E-state index in [0.717, 1.165) is 50.5 Å². The minimum Gasteiger partial charge on any atom is -0.454 e. The summed E-state index contributed by atoms with van der Waals surface area (Å²) in [5.74, 6) is 2.26. The first kappa shape index (κ1) is 20.2. The zero-order valence-electron chi connectivity index (χ0n) is 17.7. The van der Waals surface area contributed by atoms with Gasteiger partial charge >= 0.3 is 0 Å². The minimum atomic E-state index is 0.302. The fraction of sp³-hybridized carbons (Fsp3) is 0.520. The van der Waals surface area contributed by atoms with Gasteiger partial charge in [-0.3, -0.25) is 0 Å². The van der Waals surface area contributed by atoms with Crippen LogP contribution in [0.5, 0.6) is 11.5 Å². The van der Waals surface area contributed by atoms with Crippen molar-refractivity contribution in [1.82, 2.24) is 5.32 Å². The fourth-order valence-electron chi connectivity index (χ4n) is 4.58. The normalized spacial score (nSPS) is 23.5. The van der Waals surface area contributed by atoms with E-state index in [4.69, 9.17) is 14.2 Å². The lowest BCUT2D eigenvalue weighted by Gasteiger charge is -2.43. The summed E-state index contributed by atoms with van der Waals surface area (Å²) in [5, 5.41) is 3.66. The molecular formula is C25H33NO3. The molecule has 4 heteroatoms. The van der Waals surface area contributed by atoms with Crippen LogP contribution >= 0.6 is 0 Å². The molecule has 4 nitrogen and oxygen atoms in total. The summed E-state index contributed by atoms with van der Waals surface area (Å²) in [6, 6.07) is 17.1. The molecule has 0 amide bonds. The standard InChI is InChI=1S/C25H33NO3/c1-19(2)24-16-25(11-13-27-24,15-20-6-4-3-5-7-20)10-12-26-17-21-8-9-22-23(14-21)29-18-28-22/h3-9,14,19,24,26H,10-13,15-18H2,1-2H3/t24-,25+/m0/s1. The van der Waals surface area contributed by atoms with Crippen LogP contribution in [0.1, 0.15) is 44.2 Å². The van der Waals surface area contributed by atoms with Gasteiger partial charge < -0.3 is 19.5 Å². The number of nitrogens with one attached hydrogen (secondary N) is 1. The summed E-state index contributed by atoms with van der Waals surface area (Å²) >= 11 is 0. The van der Waals surface area contributed by atoms with Crippen LogP contribution in [0.4, 0.5) is 0 Å². The first-order chi connectivity index (χ1) is 14.1. The summed E-state index contributed by atoms with van der Waals surface area (Å²) < 4.78 is 17.0. The summed E-state index contributed by atoms with van der Waals surface area (Å²) in [5.41, 5.74) is 2.97. The van der Waals surface area contributed by atoms with E-state index in [1.165, 1.54) is 17.5 Å². The molecule has 0 spiro atoms. The van der Waals surface area contributed by atoms with Gasteiger partial charge in [-0.1, -0.05) is 50.2 Å². The highest BCUT2D eigenvalue weighted by atomic mass is 16.7.